The van der Waals surface area contributed by atoms with Gasteiger partial charge in [0.25, 0.3) is 0 Å². The molecule has 0 aromatic heterocycles. The Bertz CT molecular complexity index is 838. The third-order valence-corrected chi connectivity index (χ3v) is 5.16. The summed E-state index contributed by atoms with van der Waals surface area (Å²) in [6.45, 7) is 8.57. The van der Waals surface area contributed by atoms with E-state index in [-0.39, 0.29) is 5.41 Å². The topological polar surface area (TPSA) is 55.8 Å². The highest BCUT2D eigenvalue weighted by molar-refractivity contribution is 6.30. The van der Waals surface area contributed by atoms with Gasteiger partial charge in [0.2, 0.25) is 0 Å². The molecular formula is C21H23ClO4. The van der Waals surface area contributed by atoms with Gasteiger partial charge in [0.05, 0.1) is 12.0 Å². The summed E-state index contributed by atoms with van der Waals surface area (Å²) in [6.07, 6.45) is 0. The quantitative estimate of drug-likeness (QED) is 0.804. The van der Waals surface area contributed by atoms with Crippen LogP contribution in [-0.2, 0) is 22.2 Å². The number of carboxylic acid groups (broad SMARTS) is 1. The Kier molecular flexibility index (Phi) is 4.65. The van der Waals surface area contributed by atoms with Gasteiger partial charge < -0.3 is 14.6 Å². The van der Waals surface area contributed by atoms with E-state index in [0.29, 0.717) is 24.0 Å². The van der Waals surface area contributed by atoms with Crippen LogP contribution in [0.5, 0.6) is 11.5 Å². The summed E-state index contributed by atoms with van der Waals surface area (Å²) in [5, 5.41) is 9.98. The van der Waals surface area contributed by atoms with E-state index in [1.165, 1.54) is 0 Å². The maximum absolute atomic E-state index is 11.4. The van der Waals surface area contributed by atoms with Gasteiger partial charge in [-0.1, -0.05) is 37.6 Å². The molecule has 0 saturated heterocycles. The SMILES string of the molecule is CC1(C)COc2c(COc3ccc(C(C)(C)C(=O)O)cc3)cc(Cl)cc21. The maximum atomic E-state index is 11.4. The summed E-state index contributed by atoms with van der Waals surface area (Å²) in [6, 6.07) is 11.0. The molecule has 0 unspecified atom stereocenters. The summed E-state index contributed by atoms with van der Waals surface area (Å²) >= 11 is 6.27. The summed E-state index contributed by atoms with van der Waals surface area (Å²) in [4.78, 5) is 11.4. The molecule has 1 aliphatic heterocycles. The lowest BCUT2D eigenvalue weighted by Gasteiger charge is -2.20. The van der Waals surface area contributed by atoms with Crippen molar-refractivity contribution in [2.45, 2.75) is 45.1 Å². The lowest BCUT2D eigenvalue weighted by Crippen LogP contribution is -2.28. The molecule has 0 radical (unpaired) electrons. The fourth-order valence-electron chi connectivity index (χ4n) is 3.01. The summed E-state index contributed by atoms with van der Waals surface area (Å²) < 4.78 is 11.8. The van der Waals surface area contributed by atoms with Crippen molar-refractivity contribution >= 4 is 17.6 Å². The van der Waals surface area contributed by atoms with Gasteiger partial charge in [-0.15, -0.1) is 0 Å². The van der Waals surface area contributed by atoms with Gasteiger partial charge in [0.15, 0.2) is 0 Å². The molecule has 1 heterocycles. The molecule has 2 aromatic carbocycles. The normalized spacial score (nSPS) is 15.3. The van der Waals surface area contributed by atoms with Crippen molar-refractivity contribution in [3.8, 4) is 11.5 Å². The fourth-order valence-corrected chi connectivity index (χ4v) is 3.25. The summed E-state index contributed by atoms with van der Waals surface area (Å²) in [5.41, 5.74) is 1.73. The van der Waals surface area contributed by atoms with E-state index in [1.807, 2.05) is 12.1 Å². The predicted octanol–water partition coefficient (Wildman–Crippen LogP) is 4.95. The van der Waals surface area contributed by atoms with Crippen LogP contribution in [0.3, 0.4) is 0 Å². The van der Waals surface area contributed by atoms with Gasteiger partial charge in [-0.05, 0) is 43.7 Å². The highest BCUT2D eigenvalue weighted by Crippen LogP contribution is 2.42. The highest BCUT2D eigenvalue weighted by atomic mass is 35.5. The summed E-state index contributed by atoms with van der Waals surface area (Å²) in [7, 11) is 0. The van der Waals surface area contributed by atoms with Crippen LogP contribution in [-0.4, -0.2) is 17.7 Å². The Morgan fingerprint density at radius 2 is 1.92 bits per heavy atom. The Balaban J connectivity index is 1.78. The molecule has 3 rings (SSSR count). The van der Waals surface area contributed by atoms with Crippen LogP contribution in [0.2, 0.25) is 5.02 Å². The Morgan fingerprint density at radius 3 is 2.54 bits per heavy atom. The Hall–Kier alpha value is -2.20. The zero-order chi connectivity index (χ0) is 19.1. The second-order valence-corrected chi connectivity index (χ2v) is 8.29. The number of halogens is 1. The number of fused-ring (bicyclic) bond motifs is 1. The van der Waals surface area contributed by atoms with E-state index in [9.17, 15) is 9.90 Å². The van der Waals surface area contributed by atoms with Gasteiger partial charge in [-0.25, -0.2) is 0 Å². The number of ether oxygens (including phenoxy) is 2. The van der Waals surface area contributed by atoms with E-state index in [1.54, 1.807) is 38.1 Å². The molecule has 0 saturated carbocycles. The van der Waals surface area contributed by atoms with Crippen molar-refractivity contribution in [2.75, 3.05) is 6.61 Å². The number of aliphatic carboxylic acids is 1. The smallest absolute Gasteiger partial charge is 0.313 e. The van der Waals surface area contributed by atoms with Gasteiger partial charge in [-0.2, -0.15) is 0 Å². The van der Waals surface area contributed by atoms with Crippen molar-refractivity contribution in [3.05, 3.63) is 58.1 Å². The van der Waals surface area contributed by atoms with Crippen molar-refractivity contribution in [2.24, 2.45) is 0 Å². The number of rotatable bonds is 5. The predicted molar refractivity (Wildman–Crippen MR) is 101 cm³/mol. The zero-order valence-electron chi connectivity index (χ0n) is 15.4. The second kappa shape index (κ2) is 6.51. The van der Waals surface area contributed by atoms with E-state index >= 15 is 0 Å². The largest absolute Gasteiger partial charge is 0.492 e. The average Bonchev–Trinajstić information content (AvgIpc) is 2.88. The molecule has 26 heavy (non-hydrogen) atoms. The average molecular weight is 375 g/mol. The van der Waals surface area contributed by atoms with Crippen LogP contribution in [0.4, 0.5) is 0 Å². The van der Waals surface area contributed by atoms with Crippen LogP contribution in [0.1, 0.15) is 44.4 Å². The van der Waals surface area contributed by atoms with E-state index < -0.39 is 11.4 Å². The van der Waals surface area contributed by atoms with E-state index in [0.717, 1.165) is 22.4 Å². The second-order valence-electron chi connectivity index (χ2n) is 7.86. The molecule has 0 fully saturated rings. The molecule has 138 valence electrons. The first-order valence-corrected chi connectivity index (χ1v) is 8.91. The molecule has 1 N–H and O–H groups in total. The third-order valence-electron chi connectivity index (χ3n) is 4.94. The number of hydrogen-bond donors (Lipinski definition) is 1. The minimum absolute atomic E-state index is 0.0704. The van der Waals surface area contributed by atoms with Gasteiger partial charge in [0, 0.05) is 21.6 Å². The van der Waals surface area contributed by atoms with Crippen molar-refractivity contribution < 1.29 is 19.4 Å². The van der Waals surface area contributed by atoms with Crippen LogP contribution >= 0.6 is 11.6 Å². The molecular weight excluding hydrogens is 352 g/mol. The van der Waals surface area contributed by atoms with E-state index in [4.69, 9.17) is 21.1 Å². The Labute approximate surface area is 158 Å². The Morgan fingerprint density at radius 1 is 1.27 bits per heavy atom. The number of hydrogen-bond acceptors (Lipinski definition) is 3. The van der Waals surface area contributed by atoms with Crippen molar-refractivity contribution in [1.29, 1.82) is 0 Å². The lowest BCUT2D eigenvalue weighted by atomic mass is 9.85. The maximum Gasteiger partial charge on any atom is 0.313 e. The zero-order valence-corrected chi connectivity index (χ0v) is 16.2. The molecule has 1 aliphatic rings. The first-order valence-electron chi connectivity index (χ1n) is 8.54. The van der Waals surface area contributed by atoms with Crippen molar-refractivity contribution in [3.63, 3.8) is 0 Å². The molecule has 0 spiro atoms. The van der Waals surface area contributed by atoms with Crippen LogP contribution < -0.4 is 9.47 Å². The van der Waals surface area contributed by atoms with E-state index in [2.05, 4.69) is 13.8 Å². The molecule has 0 amide bonds. The highest BCUT2D eigenvalue weighted by Gasteiger charge is 2.34. The molecule has 2 aromatic rings. The number of carboxylic acids is 1. The van der Waals surface area contributed by atoms with Crippen LogP contribution in [0, 0.1) is 0 Å². The fraction of sp³-hybridized carbons (Fsp3) is 0.381. The molecule has 0 bridgehead atoms. The van der Waals surface area contributed by atoms with Crippen LogP contribution in [0.15, 0.2) is 36.4 Å². The summed E-state index contributed by atoms with van der Waals surface area (Å²) in [5.74, 6) is 0.657. The van der Waals surface area contributed by atoms with Gasteiger partial charge >= 0.3 is 5.97 Å². The lowest BCUT2D eigenvalue weighted by molar-refractivity contribution is -0.142. The third kappa shape index (κ3) is 3.38. The first kappa shape index (κ1) is 18.6. The monoisotopic (exact) mass is 374 g/mol. The number of carbonyl (C=O) groups is 1. The van der Waals surface area contributed by atoms with Crippen molar-refractivity contribution in [1.82, 2.24) is 0 Å². The van der Waals surface area contributed by atoms with Crippen LogP contribution in [0.25, 0.3) is 0 Å². The minimum Gasteiger partial charge on any atom is -0.492 e. The molecule has 0 aliphatic carbocycles. The van der Waals surface area contributed by atoms with Gasteiger partial charge in [0.1, 0.15) is 18.1 Å². The molecule has 4 nitrogen and oxygen atoms in total. The standard InChI is InChI=1S/C21H23ClO4/c1-20(2)12-26-18-13(9-15(22)10-17(18)20)11-25-16-7-5-14(6-8-16)21(3,4)19(23)24/h5-10H,11-12H2,1-4H3,(H,23,24). The molecule has 5 heteroatoms. The molecule has 0 atom stereocenters. The van der Waals surface area contributed by atoms with Gasteiger partial charge in [-0.3, -0.25) is 4.79 Å². The first-order chi connectivity index (χ1) is 12.1. The number of benzene rings is 2. The minimum atomic E-state index is -0.939.